The minimum atomic E-state index is 0.255. The van der Waals surface area contributed by atoms with E-state index >= 15 is 0 Å². The molecule has 0 fully saturated rings. The molecule has 5 rings (SSSR count). The lowest BCUT2D eigenvalue weighted by molar-refractivity contribution is 0.266. The molecule has 2 aliphatic heterocycles. The smallest absolute Gasteiger partial charge is 0.0551 e. The Balaban J connectivity index is 1.74. The Morgan fingerprint density at radius 3 is 2.68 bits per heavy atom. The first-order valence-electron chi connectivity index (χ1n) is 9.34. The quantitative estimate of drug-likeness (QED) is 0.729. The van der Waals surface area contributed by atoms with Crippen LogP contribution in [0.4, 0.5) is 5.69 Å². The molecule has 0 saturated carbocycles. The molecule has 0 spiro atoms. The van der Waals surface area contributed by atoms with Crippen molar-refractivity contribution in [1.29, 1.82) is 0 Å². The summed E-state index contributed by atoms with van der Waals surface area (Å²) in [7, 11) is 0. The van der Waals surface area contributed by atoms with E-state index in [0.29, 0.717) is 12.0 Å². The third-order valence-electron chi connectivity index (χ3n) is 6.06. The van der Waals surface area contributed by atoms with E-state index in [2.05, 4.69) is 65.6 Å². The van der Waals surface area contributed by atoms with Crippen LogP contribution in [-0.2, 0) is 6.42 Å². The van der Waals surface area contributed by atoms with Crippen molar-refractivity contribution in [3.63, 3.8) is 0 Å². The maximum absolute atomic E-state index is 9.64. The number of anilines is 1. The second-order valence-corrected chi connectivity index (χ2v) is 7.33. The lowest BCUT2D eigenvalue weighted by atomic mass is 9.77. The lowest BCUT2D eigenvalue weighted by Gasteiger charge is -2.46. The summed E-state index contributed by atoms with van der Waals surface area (Å²) in [5.74, 6) is 0.428. The summed E-state index contributed by atoms with van der Waals surface area (Å²) in [5, 5.41) is 12.3. The largest absolute Gasteiger partial charge is 0.396 e. The van der Waals surface area contributed by atoms with Crippen LogP contribution in [0.2, 0.25) is 0 Å². The molecule has 126 valence electrons. The highest BCUT2D eigenvalue weighted by Gasteiger charge is 2.37. The number of hydrogen-bond donors (Lipinski definition) is 1. The zero-order valence-electron chi connectivity index (χ0n) is 14.4. The van der Waals surface area contributed by atoms with E-state index < -0.39 is 0 Å². The SMILES string of the molecule is OCC[C@@H]1C[C@@H]2c3ccccc3CCN2c2c1ccc1ccccc21. The Morgan fingerprint density at radius 2 is 1.76 bits per heavy atom. The molecular formula is C23H23NO. The average Bonchev–Trinajstić information content (AvgIpc) is 2.67. The van der Waals surface area contributed by atoms with Gasteiger partial charge in [-0.1, -0.05) is 60.7 Å². The second-order valence-electron chi connectivity index (χ2n) is 7.33. The number of aliphatic hydroxyl groups is 1. The Hall–Kier alpha value is -2.32. The van der Waals surface area contributed by atoms with Gasteiger partial charge in [0.2, 0.25) is 0 Å². The van der Waals surface area contributed by atoms with Gasteiger partial charge in [-0.05, 0) is 47.3 Å². The molecular weight excluding hydrogens is 306 g/mol. The molecule has 0 aliphatic carbocycles. The van der Waals surface area contributed by atoms with E-state index in [1.807, 2.05) is 0 Å². The molecule has 3 aromatic carbocycles. The van der Waals surface area contributed by atoms with Crippen LogP contribution in [0.5, 0.6) is 0 Å². The number of benzene rings is 3. The van der Waals surface area contributed by atoms with Gasteiger partial charge in [-0.2, -0.15) is 0 Å². The molecule has 2 nitrogen and oxygen atoms in total. The molecule has 0 unspecified atom stereocenters. The van der Waals surface area contributed by atoms with Crippen LogP contribution in [0, 0.1) is 0 Å². The molecule has 0 aromatic heterocycles. The van der Waals surface area contributed by atoms with E-state index in [4.69, 9.17) is 0 Å². The fraction of sp³-hybridized carbons (Fsp3) is 0.304. The van der Waals surface area contributed by atoms with Crippen molar-refractivity contribution < 1.29 is 5.11 Å². The first-order chi connectivity index (χ1) is 12.4. The summed E-state index contributed by atoms with van der Waals surface area (Å²) in [6, 6.07) is 22.6. The van der Waals surface area contributed by atoms with Crippen LogP contribution < -0.4 is 4.90 Å². The molecule has 2 atom stereocenters. The lowest BCUT2D eigenvalue weighted by Crippen LogP contribution is -2.40. The fourth-order valence-electron chi connectivity index (χ4n) is 4.92. The van der Waals surface area contributed by atoms with Crippen LogP contribution in [-0.4, -0.2) is 18.3 Å². The summed E-state index contributed by atoms with van der Waals surface area (Å²) >= 11 is 0. The predicted molar refractivity (Wildman–Crippen MR) is 103 cm³/mol. The van der Waals surface area contributed by atoms with Gasteiger partial charge >= 0.3 is 0 Å². The molecule has 2 aliphatic rings. The van der Waals surface area contributed by atoms with Crippen molar-refractivity contribution in [2.75, 3.05) is 18.1 Å². The monoisotopic (exact) mass is 329 g/mol. The van der Waals surface area contributed by atoms with Gasteiger partial charge in [-0.3, -0.25) is 0 Å². The van der Waals surface area contributed by atoms with Gasteiger partial charge in [-0.25, -0.2) is 0 Å². The summed E-state index contributed by atoms with van der Waals surface area (Å²) in [6.07, 6.45) is 3.06. The van der Waals surface area contributed by atoms with Crippen molar-refractivity contribution >= 4 is 16.5 Å². The molecule has 0 saturated heterocycles. The third-order valence-corrected chi connectivity index (χ3v) is 6.06. The number of nitrogens with zero attached hydrogens (tertiary/aromatic N) is 1. The third kappa shape index (κ3) is 2.28. The first kappa shape index (κ1) is 15.0. The minimum Gasteiger partial charge on any atom is -0.396 e. The van der Waals surface area contributed by atoms with Crippen molar-refractivity contribution in [1.82, 2.24) is 0 Å². The second kappa shape index (κ2) is 5.89. The highest BCUT2D eigenvalue weighted by molar-refractivity contribution is 5.97. The molecule has 3 aromatic rings. The van der Waals surface area contributed by atoms with Crippen molar-refractivity contribution in [3.8, 4) is 0 Å². The topological polar surface area (TPSA) is 23.5 Å². The van der Waals surface area contributed by atoms with Crippen molar-refractivity contribution in [2.24, 2.45) is 0 Å². The average molecular weight is 329 g/mol. The number of fused-ring (bicyclic) bond motifs is 7. The maximum atomic E-state index is 9.64. The molecule has 25 heavy (non-hydrogen) atoms. The Labute approximate surface area is 148 Å². The molecule has 0 radical (unpaired) electrons. The van der Waals surface area contributed by atoms with E-state index in [1.54, 1.807) is 0 Å². The number of hydrogen-bond acceptors (Lipinski definition) is 2. The zero-order chi connectivity index (χ0) is 16.8. The van der Waals surface area contributed by atoms with E-state index in [9.17, 15) is 5.11 Å². The van der Waals surface area contributed by atoms with E-state index in [1.165, 1.54) is 33.2 Å². The van der Waals surface area contributed by atoms with Gasteiger partial charge < -0.3 is 10.0 Å². The number of aliphatic hydroxyl groups excluding tert-OH is 1. The van der Waals surface area contributed by atoms with Crippen LogP contribution in [0.1, 0.15) is 41.5 Å². The van der Waals surface area contributed by atoms with Gasteiger partial charge in [0.25, 0.3) is 0 Å². The van der Waals surface area contributed by atoms with Gasteiger partial charge in [0, 0.05) is 24.2 Å². The van der Waals surface area contributed by atoms with Gasteiger partial charge in [0.15, 0.2) is 0 Å². The van der Waals surface area contributed by atoms with E-state index in [0.717, 1.165) is 25.8 Å². The van der Waals surface area contributed by atoms with E-state index in [-0.39, 0.29) is 6.61 Å². The van der Waals surface area contributed by atoms with Gasteiger partial charge in [0.1, 0.15) is 0 Å². The van der Waals surface area contributed by atoms with Crippen molar-refractivity contribution in [2.45, 2.75) is 31.2 Å². The summed E-state index contributed by atoms with van der Waals surface area (Å²) in [5.41, 5.74) is 5.80. The minimum absolute atomic E-state index is 0.255. The molecule has 2 heterocycles. The maximum Gasteiger partial charge on any atom is 0.0551 e. The van der Waals surface area contributed by atoms with Crippen molar-refractivity contribution in [3.05, 3.63) is 77.4 Å². The molecule has 2 heteroatoms. The highest BCUT2D eigenvalue weighted by Crippen LogP contribution is 2.50. The highest BCUT2D eigenvalue weighted by atomic mass is 16.3. The molecule has 0 bridgehead atoms. The van der Waals surface area contributed by atoms with Crippen LogP contribution in [0.25, 0.3) is 10.8 Å². The summed E-state index contributed by atoms with van der Waals surface area (Å²) in [4.78, 5) is 2.63. The summed E-state index contributed by atoms with van der Waals surface area (Å²) in [6.45, 7) is 1.33. The first-order valence-corrected chi connectivity index (χ1v) is 9.34. The summed E-state index contributed by atoms with van der Waals surface area (Å²) < 4.78 is 0. The number of rotatable bonds is 2. The normalized spacial score (nSPS) is 21.6. The van der Waals surface area contributed by atoms with Crippen LogP contribution in [0.3, 0.4) is 0 Å². The Morgan fingerprint density at radius 1 is 0.920 bits per heavy atom. The standard InChI is InChI=1S/C23H23NO/c25-14-12-18-15-22-19-7-3-1-6-17(19)11-13-24(22)23-20-8-4-2-5-16(20)9-10-21(18)23/h1-10,18,22,25H,11-15H2/t18-,22-/m1/s1. The Bertz CT molecular complexity index is 932. The van der Waals surface area contributed by atoms with Gasteiger partial charge in [0.05, 0.1) is 6.04 Å². The molecule has 1 N–H and O–H groups in total. The zero-order valence-corrected chi connectivity index (χ0v) is 14.4. The predicted octanol–water partition coefficient (Wildman–Crippen LogP) is 4.81. The Kier molecular flexibility index (Phi) is 3.53. The van der Waals surface area contributed by atoms with Crippen LogP contribution >= 0.6 is 0 Å². The van der Waals surface area contributed by atoms with Crippen LogP contribution in [0.15, 0.2) is 60.7 Å². The van der Waals surface area contributed by atoms with Gasteiger partial charge in [-0.15, -0.1) is 0 Å². The molecule has 0 amide bonds. The fourth-order valence-corrected chi connectivity index (χ4v) is 4.92.